The van der Waals surface area contributed by atoms with Gasteiger partial charge in [0, 0.05) is 5.41 Å². The summed E-state index contributed by atoms with van der Waals surface area (Å²) in [6.45, 7) is 1.69. The molecule has 0 heterocycles. The second kappa shape index (κ2) is 11.3. The number of hydrogen-bond donors (Lipinski definition) is 4. The Morgan fingerprint density at radius 2 is 0.857 bits per heavy atom. The molecule has 12 nitrogen and oxygen atoms in total. The van der Waals surface area contributed by atoms with Gasteiger partial charge in [-0.2, -0.15) is 0 Å². The summed E-state index contributed by atoms with van der Waals surface area (Å²) in [7, 11) is 0. The highest BCUT2D eigenvalue weighted by atomic mass is 16.4. The van der Waals surface area contributed by atoms with Crippen LogP contribution in [0, 0.1) is 5.41 Å². The Balaban J connectivity index is 5.52. The normalized spacial score (nSPS) is 11.8. The van der Waals surface area contributed by atoms with Crippen molar-refractivity contribution >= 4 is 29.7 Å². The Bertz CT molecular complexity index is 531. The Morgan fingerprint density at radius 3 is 1.07 bits per heavy atom. The predicted molar refractivity (Wildman–Crippen MR) is 94.6 cm³/mol. The second-order valence-corrected chi connectivity index (χ2v) is 7.33. The van der Waals surface area contributed by atoms with Crippen LogP contribution in [0.2, 0.25) is 0 Å². The molecule has 0 aromatic heterocycles. The van der Waals surface area contributed by atoms with Gasteiger partial charge < -0.3 is 20.4 Å². The maximum absolute atomic E-state index is 12.4. The van der Waals surface area contributed by atoms with Gasteiger partial charge in [-0.05, 0) is 0 Å². The van der Waals surface area contributed by atoms with Gasteiger partial charge in [-0.15, -0.1) is 0 Å². The number of carbonyl (C=O) groups is 5. The standard InChI is InChI=1S/C16H27N3O9/c1-16(2,3)11(20)4-19(9-17(5-12(21)22)6-13(23)24)10-18(7-14(25)26)8-15(27)28/h4-10H2,1-3H3,(H,21,22)(H,23,24)(H,25,26)(H,27,28). The number of carboxylic acid groups (broad SMARTS) is 4. The van der Waals surface area contributed by atoms with E-state index in [9.17, 15) is 24.0 Å². The first-order chi connectivity index (χ1) is 12.7. The zero-order valence-corrected chi connectivity index (χ0v) is 16.1. The molecule has 28 heavy (non-hydrogen) atoms. The smallest absolute Gasteiger partial charge is 0.317 e. The molecule has 0 radical (unpaired) electrons. The van der Waals surface area contributed by atoms with E-state index in [1.165, 1.54) is 4.90 Å². The van der Waals surface area contributed by atoms with Crippen molar-refractivity contribution < 1.29 is 44.4 Å². The van der Waals surface area contributed by atoms with Crippen molar-refractivity contribution in [2.75, 3.05) is 46.1 Å². The maximum atomic E-state index is 12.4. The Morgan fingerprint density at radius 1 is 0.571 bits per heavy atom. The van der Waals surface area contributed by atoms with E-state index >= 15 is 0 Å². The number of rotatable bonds is 14. The quantitative estimate of drug-likeness (QED) is 0.253. The lowest BCUT2D eigenvalue weighted by Gasteiger charge is -2.33. The molecule has 0 aliphatic rings. The molecule has 0 atom stereocenters. The highest BCUT2D eigenvalue weighted by Gasteiger charge is 2.27. The largest absolute Gasteiger partial charge is 0.480 e. The number of ketones is 1. The highest BCUT2D eigenvalue weighted by molar-refractivity contribution is 5.85. The monoisotopic (exact) mass is 405 g/mol. The fourth-order valence-electron chi connectivity index (χ4n) is 2.23. The molecule has 0 aliphatic heterocycles. The van der Waals surface area contributed by atoms with Gasteiger partial charge in [0.05, 0.1) is 46.1 Å². The molecule has 160 valence electrons. The summed E-state index contributed by atoms with van der Waals surface area (Å²) in [5, 5.41) is 35.8. The molecule has 0 fully saturated rings. The van der Waals surface area contributed by atoms with E-state index in [2.05, 4.69) is 0 Å². The van der Waals surface area contributed by atoms with Crippen molar-refractivity contribution in [2.45, 2.75) is 20.8 Å². The summed E-state index contributed by atoms with van der Waals surface area (Å²) in [6, 6.07) is 0. The molecule has 0 spiro atoms. The first-order valence-electron chi connectivity index (χ1n) is 8.28. The molecular weight excluding hydrogens is 378 g/mol. The first kappa shape index (κ1) is 25.4. The van der Waals surface area contributed by atoms with Gasteiger partial charge >= 0.3 is 23.9 Å². The lowest BCUT2D eigenvalue weighted by Crippen LogP contribution is -2.51. The summed E-state index contributed by atoms with van der Waals surface area (Å²) >= 11 is 0. The first-order valence-corrected chi connectivity index (χ1v) is 8.28. The number of nitrogens with zero attached hydrogens (tertiary/aromatic N) is 3. The van der Waals surface area contributed by atoms with Gasteiger partial charge in [-0.1, -0.05) is 20.8 Å². The third-order valence-corrected chi connectivity index (χ3v) is 3.44. The van der Waals surface area contributed by atoms with Crippen LogP contribution in [0.4, 0.5) is 0 Å². The number of hydrogen-bond acceptors (Lipinski definition) is 8. The van der Waals surface area contributed by atoms with E-state index in [1.54, 1.807) is 20.8 Å². The van der Waals surface area contributed by atoms with Crippen LogP contribution in [-0.4, -0.2) is 111 Å². The highest BCUT2D eigenvalue weighted by Crippen LogP contribution is 2.15. The van der Waals surface area contributed by atoms with Crippen molar-refractivity contribution in [3.63, 3.8) is 0 Å². The summed E-state index contributed by atoms with van der Waals surface area (Å²) in [5.74, 6) is -5.39. The zero-order chi connectivity index (χ0) is 22.1. The van der Waals surface area contributed by atoms with Crippen LogP contribution in [0.3, 0.4) is 0 Å². The van der Waals surface area contributed by atoms with Crippen molar-refractivity contribution in [3.05, 3.63) is 0 Å². The van der Waals surface area contributed by atoms with Crippen molar-refractivity contribution in [3.8, 4) is 0 Å². The molecule has 12 heteroatoms. The van der Waals surface area contributed by atoms with Crippen LogP contribution < -0.4 is 0 Å². The van der Waals surface area contributed by atoms with Crippen LogP contribution in [0.15, 0.2) is 0 Å². The minimum Gasteiger partial charge on any atom is -0.480 e. The molecule has 0 amide bonds. The minimum absolute atomic E-state index is 0.241. The summed E-state index contributed by atoms with van der Waals surface area (Å²) in [6.07, 6.45) is 0. The number of Topliss-reactive ketones (excluding diaryl/α,β-unsaturated/α-hetero) is 1. The lowest BCUT2D eigenvalue weighted by molar-refractivity contribution is -0.143. The van der Waals surface area contributed by atoms with Crippen LogP contribution in [0.5, 0.6) is 0 Å². The van der Waals surface area contributed by atoms with Crippen molar-refractivity contribution in [1.29, 1.82) is 0 Å². The number of aliphatic carboxylic acids is 4. The average molecular weight is 405 g/mol. The van der Waals surface area contributed by atoms with E-state index < -0.39 is 55.5 Å². The summed E-state index contributed by atoms with van der Waals surface area (Å²) < 4.78 is 0. The average Bonchev–Trinajstić information content (AvgIpc) is 2.42. The van der Waals surface area contributed by atoms with E-state index in [0.29, 0.717) is 0 Å². The minimum atomic E-state index is -1.28. The van der Waals surface area contributed by atoms with E-state index in [0.717, 1.165) is 9.80 Å². The van der Waals surface area contributed by atoms with Gasteiger partial charge in [-0.25, -0.2) is 0 Å². The van der Waals surface area contributed by atoms with Gasteiger partial charge in [0.15, 0.2) is 5.78 Å². The van der Waals surface area contributed by atoms with E-state index in [4.69, 9.17) is 20.4 Å². The maximum Gasteiger partial charge on any atom is 0.317 e. The molecule has 0 bridgehead atoms. The van der Waals surface area contributed by atoms with Gasteiger partial charge in [-0.3, -0.25) is 38.7 Å². The molecular formula is C16H27N3O9. The Hall–Kier alpha value is -2.57. The molecule has 0 saturated heterocycles. The Kier molecular flexibility index (Phi) is 10.3. The zero-order valence-electron chi connectivity index (χ0n) is 16.1. The summed E-state index contributed by atoms with van der Waals surface area (Å²) in [5.41, 5.74) is -0.757. The topological polar surface area (TPSA) is 176 Å². The van der Waals surface area contributed by atoms with Crippen LogP contribution in [0.25, 0.3) is 0 Å². The molecule has 0 rings (SSSR count). The fourth-order valence-corrected chi connectivity index (χ4v) is 2.23. The van der Waals surface area contributed by atoms with Crippen LogP contribution in [0.1, 0.15) is 20.8 Å². The van der Waals surface area contributed by atoms with Crippen LogP contribution in [-0.2, 0) is 24.0 Å². The predicted octanol–water partition coefficient (Wildman–Crippen LogP) is -1.24. The Labute approximate surface area is 161 Å². The van der Waals surface area contributed by atoms with E-state index in [-0.39, 0.29) is 25.7 Å². The summed E-state index contributed by atoms with van der Waals surface area (Å²) in [4.78, 5) is 59.7. The van der Waals surface area contributed by atoms with Gasteiger partial charge in [0.25, 0.3) is 0 Å². The lowest BCUT2D eigenvalue weighted by atomic mass is 9.90. The molecule has 0 aromatic rings. The third-order valence-electron chi connectivity index (χ3n) is 3.44. The van der Waals surface area contributed by atoms with Crippen LogP contribution >= 0.6 is 0 Å². The van der Waals surface area contributed by atoms with Gasteiger partial charge in [0.2, 0.25) is 0 Å². The molecule has 0 unspecified atom stereocenters. The molecule has 4 N–H and O–H groups in total. The van der Waals surface area contributed by atoms with Crippen molar-refractivity contribution in [2.24, 2.45) is 5.41 Å². The second-order valence-electron chi connectivity index (χ2n) is 7.33. The van der Waals surface area contributed by atoms with E-state index in [1.807, 2.05) is 0 Å². The SMILES string of the molecule is CC(C)(C)C(=O)CN(CN(CC(=O)O)CC(=O)O)CN(CC(=O)O)CC(=O)O. The number of carboxylic acids is 4. The molecule has 0 aromatic carbocycles. The molecule has 0 saturated carbocycles. The van der Waals surface area contributed by atoms with Gasteiger partial charge in [0.1, 0.15) is 0 Å². The third kappa shape index (κ3) is 11.9. The fraction of sp³-hybridized carbons (Fsp3) is 0.688. The molecule has 0 aliphatic carbocycles. The van der Waals surface area contributed by atoms with Crippen molar-refractivity contribution in [1.82, 2.24) is 14.7 Å². The number of carbonyl (C=O) groups excluding carboxylic acids is 1.